The number of fused-ring (bicyclic) bond motifs is 1. The van der Waals surface area contributed by atoms with Crippen molar-refractivity contribution < 1.29 is 4.74 Å². The lowest BCUT2D eigenvalue weighted by Gasteiger charge is -2.06. The van der Waals surface area contributed by atoms with Gasteiger partial charge < -0.3 is 4.74 Å². The van der Waals surface area contributed by atoms with Gasteiger partial charge >= 0.3 is 0 Å². The van der Waals surface area contributed by atoms with Gasteiger partial charge in [0.25, 0.3) is 0 Å². The number of rotatable bonds is 2. The Labute approximate surface area is 129 Å². The summed E-state index contributed by atoms with van der Waals surface area (Å²) in [6.07, 6.45) is 1.75. The molecule has 1 aromatic carbocycles. The molecule has 0 radical (unpaired) electrons. The molecule has 2 aromatic heterocycles. The molecule has 100 valence electrons. The molecule has 3 nitrogen and oxygen atoms in total. The van der Waals surface area contributed by atoms with Gasteiger partial charge in [-0.1, -0.05) is 11.6 Å². The van der Waals surface area contributed by atoms with Gasteiger partial charge in [-0.3, -0.25) is 4.98 Å². The average molecular weight is 350 g/mol. The van der Waals surface area contributed by atoms with E-state index >= 15 is 0 Å². The number of ether oxygens (including phenoxy) is 1. The minimum Gasteiger partial charge on any atom is -0.497 e. The molecule has 3 rings (SSSR count). The van der Waals surface area contributed by atoms with Crippen LogP contribution in [-0.2, 0) is 0 Å². The molecule has 0 aliphatic heterocycles. The third-order valence-electron chi connectivity index (χ3n) is 2.99. The summed E-state index contributed by atoms with van der Waals surface area (Å²) in [5.74, 6) is 0.808. The maximum absolute atomic E-state index is 6.25. The highest BCUT2D eigenvalue weighted by Crippen LogP contribution is 2.29. The molecule has 0 saturated carbocycles. The highest BCUT2D eigenvalue weighted by atomic mass is 79.9. The number of halogens is 2. The number of hydrogen-bond donors (Lipinski definition) is 0. The number of nitrogens with zero attached hydrogens (tertiary/aromatic N) is 2. The predicted molar refractivity (Wildman–Crippen MR) is 84.2 cm³/mol. The van der Waals surface area contributed by atoms with Crippen LogP contribution in [0.5, 0.6) is 5.75 Å². The number of pyridine rings is 2. The molecule has 0 saturated heterocycles. The first kappa shape index (κ1) is 13.3. The van der Waals surface area contributed by atoms with Gasteiger partial charge in [0.2, 0.25) is 0 Å². The van der Waals surface area contributed by atoms with E-state index in [9.17, 15) is 0 Å². The molecule has 0 N–H and O–H groups in total. The summed E-state index contributed by atoms with van der Waals surface area (Å²) in [7, 11) is 1.64. The second kappa shape index (κ2) is 5.38. The lowest BCUT2D eigenvalue weighted by molar-refractivity contribution is 0.415. The van der Waals surface area contributed by atoms with Crippen LogP contribution in [0, 0.1) is 0 Å². The second-order valence-electron chi connectivity index (χ2n) is 4.25. The van der Waals surface area contributed by atoms with Crippen molar-refractivity contribution in [3.05, 3.63) is 52.2 Å². The van der Waals surface area contributed by atoms with Crippen molar-refractivity contribution >= 4 is 38.4 Å². The van der Waals surface area contributed by atoms with E-state index in [4.69, 9.17) is 16.3 Å². The quantitative estimate of drug-likeness (QED) is 0.628. The van der Waals surface area contributed by atoms with Crippen LogP contribution in [0.2, 0.25) is 5.15 Å². The zero-order valence-electron chi connectivity index (χ0n) is 10.6. The predicted octanol–water partition coefficient (Wildman–Crippen LogP) is 4.72. The van der Waals surface area contributed by atoms with Gasteiger partial charge in [-0.25, -0.2) is 4.98 Å². The van der Waals surface area contributed by atoms with Gasteiger partial charge in [0, 0.05) is 21.6 Å². The van der Waals surface area contributed by atoms with Crippen LogP contribution in [0.15, 0.2) is 47.1 Å². The second-order valence-corrected chi connectivity index (χ2v) is 5.52. The molecule has 0 aliphatic carbocycles. The monoisotopic (exact) mass is 348 g/mol. The molecule has 3 aromatic rings. The largest absolute Gasteiger partial charge is 0.497 e. The van der Waals surface area contributed by atoms with E-state index in [0.717, 1.165) is 32.4 Å². The van der Waals surface area contributed by atoms with Crippen LogP contribution >= 0.6 is 27.5 Å². The minimum atomic E-state index is 0.446. The molecule has 20 heavy (non-hydrogen) atoms. The fraction of sp³-hybridized carbons (Fsp3) is 0.0667. The summed E-state index contributed by atoms with van der Waals surface area (Å²) in [6.45, 7) is 0. The summed E-state index contributed by atoms with van der Waals surface area (Å²) in [5.41, 5.74) is 2.58. The summed E-state index contributed by atoms with van der Waals surface area (Å²) >= 11 is 9.63. The van der Waals surface area contributed by atoms with Crippen LogP contribution in [-0.4, -0.2) is 17.1 Å². The van der Waals surface area contributed by atoms with Crippen LogP contribution in [0.4, 0.5) is 0 Å². The zero-order chi connectivity index (χ0) is 14.1. The van der Waals surface area contributed by atoms with E-state index in [-0.39, 0.29) is 0 Å². The van der Waals surface area contributed by atoms with Crippen molar-refractivity contribution in [1.29, 1.82) is 0 Å². The van der Waals surface area contributed by atoms with Crippen LogP contribution in [0.3, 0.4) is 0 Å². The molecular weight excluding hydrogens is 340 g/mol. The highest BCUT2D eigenvalue weighted by Gasteiger charge is 2.08. The van der Waals surface area contributed by atoms with Gasteiger partial charge in [0.05, 0.1) is 18.3 Å². The Bertz CT molecular complexity index is 775. The summed E-state index contributed by atoms with van der Waals surface area (Å²) < 4.78 is 6.03. The highest BCUT2D eigenvalue weighted by molar-refractivity contribution is 9.10. The van der Waals surface area contributed by atoms with E-state index in [1.165, 1.54) is 0 Å². The number of hydrogen-bond acceptors (Lipinski definition) is 3. The molecule has 0 aliphatic rings. The molecule has 0 bridgehead atoms. The number of aromatic nitrogens is 2. The fourth-order valence-corrected chi connectivity index (χ4v) is 2.54. The van der Waals surface area contributed by atoms with Crippen molar-refractivity contribution in [3.63, 3.8) is 0 Å². The third-order valence-corrected chi connectivity index (χ3v) is 3.71. The first-order chi connectivity index (χ1) is 9.67. The van der Waals surface area contributed by atoms with E-state index in [2.05, 4.69) is 25.9 Å². The first-order valence-electron chi connectivity index (χ1n) is 5.93. The summed E-state index contributed by atoms with van der Waals surface area (Å²) in [4.78, 5) is 8.80. The third kappa shape index (κ3) is 2.49. The van der Waals surface area contributed by atoms with E-state index < -0.39 is 0 Å². The minimum absolute atomic E-state index is 0.446. The van der Waals surface area contributed by atoms with Gasteiger partial charge in [-0.2, -0.15) is 0 Å². The Kier molecular flexibility index (Phi) is 3.59. The smallest absolute Gasteiger partial charge is 0.139 e. The zero-order valence-corrected chi connectivity index (χ0v) is 12.9. The van der Waals surface area contributed by atoms with Gasteiger partial charge in [0.1, 0.15) is 10.9 Å². The molecule has 0 spiro atoms. The van der Waals surface area contributed by atoms with Gasteiger partial charge in [0.15, 0.2) is 0 Å². The lowest BCUT2D eigenvalue weighted by Crippen LogP contribution is -1.89. The molecule has 0 amide bonds. The maximum Gasteiger partial charge on any atom is 0.139 e. The normalized spacial score (nSPS) is 10.8. The first-order valence-corrected chi connectivity index (χ1v) is 7.11. The molecule has 0 fully saturated rings. The topological polar surface area (TPSA) is 35.0 Å². The SMILES string of the molecule is COc1ccc(-c2cc3ncc(Br)cc3c(Cl)n2)cc1. The van der Waals surface area contributed by atoms with Crippen molar-refractivity contribution in [2.75, 3.05) is 7.11 Å². The Morgan fingerprint density at radius 2 is 1.90 bits per heavy atom. The Morgan fingerprint density at radius 1 is 1.15 bits per heavy atom. The molecule has 5 heteroatoms. The molecule has 2 heterocycles. The summed E-state index contributed by atoms with van der Waals surface area (Å²) in [6, 6.07) is 11.5. The van der Waals surface area contributed by atoms with E-state index in [1.807, 2.05) is 36.4 Å². The van der Waals surface area contributed by atoms with Crippen molar-refractivity contribution in [2.24, 2.45) is 0 Å². The summed E-state index contributed by atoms with van der Waals surface area (Å²) in [5, 5.41) is 1.28. The number of methoxy groups -OCH3 is 1. The number of benzene rings is 1. The van der Waals surface area contributed by atoms with Crippen LogP contribution < -0.4 is 4.74 Å². The van der Waals surface area contributed by atoms with Crippen LogP contribution in [0.25, 0.3) is 22.2 Å². The Balaban J connectivity index is 2.14. The van der Waals surface area contributed by atoms with Crippen LogP contribution in [0.1, 0.15) is 0 Å². The van der Waals surface area contributed by atoms with E-state index in [0.29, 0.717) is 5.15 Å². The standard InChI is InChI=1S/C15H10BrClN2O/c1-20-11-4-2-9(3-5-11)13-7-14-12(15(17)19-13)6-10(16)8-18-14/h2-8H,1H3. The molecule has 0 unspecified atom stereocenters. The van der Waals surface area contributed by atoms with Gasteiger partial charge in [-0.05, 0) is 52.3 Å². The fourth-order valence-electron chi connectivity index (χ4n) is 1.97. The van der Waals surface area contributed by atoms with Crippen molar-refractivity contribution in [3.8, 4) is 17.0 Å². The average Bonchev–Trinajstić information content (AvgIpc) is 2.48. The lowest BCUT2D eigenvalue weighted by atomic mass is 10.1. The van der Waals surface area contributed by atoms with Crippen molar-refractivity contribution in [1.82, 2.24) is 9.97 Å². The van der Waals surface area contributed by atoms with E-state index in [1.54, 1.807) is 13.3 Å². The van der Waals surface area contributed by atoms with Crippen molar-refractivity contribution in [2.45, 2.75) is 0 Å². The van der Waals surface area contributed by atoms with Gasteiger partial charge in [-0.15, -0.1) is 0 Å². The maximum atomic E-state index is 6.25. The molecule has 0 atom stereocenters. The Morgan fingerprint density at radius 3 is 2.60 bits per heavy atom. The Hall–Kier alpha value is -1.65. The molecular formula is C15H10BrClN2O.